The molecule has 2 N–H and O–H groups in total. The normalized spacial score (nSPS) is 8.77. The van der Waals surface area contributed by atoms with Gasteiger partial charge in [0.2, 0.25) is 0 Å². The molecule has 0 aromatic heterocycles. The number of ether oxygens (including phenoxy) is 1. The third-order valence-corrected chi connectivity index (χ3v) is 1.73. The molecule has 0 spiro atoms. The minimum absolute atomic E-state index is 0. The Kier molecular flexibility index (Phi) is 3.98. The summed E-state index contributed by atoms with van der Waals surface area (Å²) in [5.74, 6) is -0.392. The van der Waals surface area contributed by atoms with Crippen molar-refractivity contribution in [3.8, 4) is 0 Å². The van der Waals surface area contributed by atoms with Gasteiger partial charge in [-0.2, -0.15) is 0 Å². The number of esters is 1. The minimum atomic E-state index is -0.392. The zero-order valence-corrected chi connectivity index (χ0v) is 7.13. The van der Waals surface area contributed by atoms with Crippen LogP contribution in [0.3, 0.4) is 0 Å². The van der Waals surface area contributed by atoms with Gasteiger partial charge in [0.05, 0.1) is 12.7 Å². The number of methoxy groups -OCH3 is 1. The van der Waals surface area contributed by atoms with Crippen molar-refractivity contribution in [1.29, 1.82) is 0 Å². The Morgan fingerprint density at radius 2 is 2.08 bits per heavy atom. The van der Waals surface area contributed by atoms with Gasteiger partial charge in [-0.15, -0.1) is 0 Å². The van der Waals surface area contributed by atoms with E-state index < -0.39 is 5.97 Å². The molecule has 72 valence electrons. The van der Waals surface area contributed by atoms with Gasteiger partial charge in [0.1, 0.15) is 0 Å². The molecule has 0 fully saturated rings. The van der Waals surface area contributed by atoms with Crippen LogP contribution in [0.5, 0.6) is 0 Å². The Bertz CT molecular complexity index is 308. The zero-order chi connectivity index (χ0) is 9.14. The second-order valence-electron chi connectivity index (χ2n) is 2.53. The second kappa shape index (κ2) is 4.50. The van der Waals surface area contributed by atoms with E-state index >= 15 is 0 Å². The molecule has 0 bridgehead atoms. The second-order valence-corrected chi connectivity index (χ2v) is 2.53. The van der Waals surface area contributed by atoms with Crippen molar-refractivity contribution >= 4 is 11.7 Å². The van der Waals surface area contributed by atoms with Crippen LogP contribution in [-0.4, -0.2) is 13.1 Å². The van der Waals surface area contributed by atoms with Gasteiger partial charge in [-0.1, -0.05) is 19.6 Å². The lowest BCUT2D eigenvalue weighted by atomic mass is 10.1. The molecule has 3 nitrogen and oxygen atoms in total. The van der Waals surface area contributed by atoms with Crippen molar-refractivity contribution in [1.82, 2.24) is 0 Å². The third kappa shape index (κ3) is 2.21. The average molecular weight is 181 g/mol. The van der Waals surface area contributed by atoms with Gasteiger partial charge in [-0.25, -0.2) is 4.79 Å². The molecule has 1 aromatic carbocycles. The lowest BCUT2D eigenvalue weighted by molar-refractivity contribution is 0.0602. The fourth-order valence-electron chi connectivity index (χ4n) is 0.969. The first-order valence-electron chi connectivity index (χ1n) is 3.60. The molecule has 0 aliphatic rings. The van der Waals surface area contributed by atoms with E-state index in [-0.39, 0.29) is 7.43 Å². The van der Waals surface area contributed by atoms with Crippen LogP contribution in [0, 0.1) is 6.92 Å². The molecule has 0 saturated carbocycles. The summed E-state index contributed by atoms with van der Waals surface area (Å²) in [5, 5.41) is 0. The molecule has 0 unspecified atom stereocenters. The van der Waals surface area contributed by atoms with Crippen LogP contribution in [0.25, 0.3) is 0 Å². The maximum Gasteiger partial charge on any atom is 0.339 e. The van der Waals surface area contributed by atoms with Gasteiger partial charge in [0.15, 0.2) is 0 Å². The number of para-hydroxylation sites is 1. The summed E-state index contributed by atoms with van der Waals surface area (Å²) in [7, 11) is 1.34. The van der Waals surface area contributed by atoms with Crippen molar-refractivity contribution in [3.05, 3.63) is 29.3 Å². The monoisotopic (exact) mass is 181 g/mol. The molecule has 3 heteroatoms. The highest BCUT2D eigenvalue weighted by atomic mass is 16.5. The maximum atomic E-state index is 11.1. The van der Waals surface area contributed by atoms with Crippen LogP contribution in [0.4, 0.5) is 5.69 Å². The quantitative estimate of drug-likeness (QED) is 0.532. The highest BCUT2D eigenvalue weighted by Crippen LogP contribution is 2.16. The van der Waals surface area contributed by atoms with E-state index in [1.165, 1.54) is 7.11 Å². The van der Waals surface area contributed by atoms with Gasteiger partial charge >= 0.3 is 5.97 Å². The highest BCUT2D eigenvalue weighted by Gasteiger charge is 2.09. The van der Waals surface area contributed by atoms with Crippen molar-refractivity contribution in [3.63, 3.8) is 0 Å². The number of hydrogen-bond acceptors (Lipinski definition) is 3. The Labute approximate surface area is 78.5 Å². The van der Waals surface area contributed by atoms with E-state index in [0.29, 0.717) is 11.3 Å². The van der Waals surface area contributed by atoms with Crippen LogP contribution in [0.1, 0.15) is 23.3 Å². The van der Waals surface area contributed by atoms with Crippen LogP contribution in [0.15, 0.2) is 18.2 Å². The Balaban J connectivity index is 0.00000144. The summed E-state index contributed by atoms with van der Waals surface area (Å²) in [5.41, 5.74) is 7.46. The summed E-state index contributed by atoms with van der Waals surface area (Å²) in [6.45, 7) is 1.85. The SMILES string of the molecule is C.COC(=O)c1cccc(C)c1N. The molecular weight excluding hydrogens is 166 g/mol. The summed E-state index contributed by atoms with van der Waals surface area (Å²) in [6, 6.07) is 5.27. The summed E-state index contributed by atoms with van der Waals surface area (Å²) >= 11 is 0. The molecule has 0 aliphatic carbocycles. The number of rotatable bonds is 1. The molecule has 0 saturated heterocycles. The molecule has 0 radical (unpaired) electrons. The van der Waals surface area contributed by atoms with Gasteiger partial charge in [-0.05, 0) is 18.6 Å². The van der Waals surface area contributed by atoms with Crippen molar-refractivity contribution in [2.45, 2.75) is 14.4 Å². The van der Waals surface area contributed by atoms with Gasteiger partial charge in [-0.3, -0.25) is 0 Å². The number of anilines is 1. The summed E-state index contributed by atoms with van der Waals surface area (Å²) in [6.07, 6.45) is 0. The number of carbonyl (C=O) groups excluding carboxylic acids is 1. The first-order valence-corrected chi connectivity index (χ1v) is 3.60. The largest absolute Gasteiger partial charge is 0.465 e. The number of nitrogen functional groups attached to an aromatic ring is 1. The van der Waals surface area contributed by atoms with Crippen molar-refractivity contribution in [2.75, 3.05) is 12.8 Å². The van der Waals surface area contributed by atoms with E-state index in [1.54, 1.807) is 12.1 Å². The number of aryl methyl sites for hydroxylation is 1. The van der Waals surface area contributed by atoms with Gasteiger partial charge < -0.3 is 10.5 Å². The van der Waals surface area contributed by atoms with Gasteiger partial charge in [0.25, 0.3) is 0 Å². The molecule has 0 heterocycles. The average Bonchev–Trinajstić information content (AvgIpc) is 2.08. The number of hydrogen-bond donors (Lipinski definition) is 1. The first kappa shape index (κ1) is 11.5. The molecular formula is C10H15NO2. The highest BCUT2D eigenvalue weighted by molar-refractivity contribution is 5.95. The number of carbonyl (C=O) groups is 1. The molecule has 0 amide bonds. The van der Waals surface area contributed by atoms with Gasteiger partial charge in [0, 0.05) is 5.69 Å². The lowest BCUT2D eigenvalue weighted by Crippen LogP contribution is -2.06. The molecule has 0 aliphatic heterocycles. The predicted octanol–water partition coefficient (Wildman–Crippen LogP) is 2.00. The van der Waals surface area contributed by atoms with E-state index in [0.717, 1.165) is 5.56 Å². The molecule has 0 atom stereocenters. The first-order chi connectivity index (χ1) is 5.66. The smallest absolute Gasteiger partial charge is 0.339 e. The standard InChI is InChI=1S/C9H11NO2.CH4/c1-6-4-3-5-7(8(6)10)9(11)12-2;/h3-5H,10H2,1-2H3;1H4. The topological polar surface area (TPSA) is 52.3 Å². The third-order valence-electron chi connectivity index (χ3n) is 1.73. The van der Waals surface area contributed by atoms with E-state index in [2.05, 4.69) is 4.74 Å². The van der Waals surface area contributed by atoms with Crippen LogP contribution >= 0.6 is 0 Å². The molecule has 13 heavy (non-hydrogen) atoms. The fourth-order valence-corrected chi connectivity index (χ4v) is 0.969. The predicted molar refractivity (Wildman–Crippen MR) is 53.7 cm³/mol. The lowest BCUT2D eigenvalue weighted by Gasteiger charge is -2.04. The Morgan fingerprint density at radius 3 is 2.62 bits per heavy atom. The van der Waals surface area contributed by atoms with Crippen molar-refractivity contribution < 1.29 is 9.53 Å². The maximum absolute atomic E-state index is 11.1. The number of nitrogens with two attached hydrogens (primary N) is 1. The van der Waals surface area contributed by atoms with E-state index in [9.17, 15) is 4.79 Å². The van der Waals surface area contributed by atoms with E-state index in [1.807, 2.05) is 13.0 Å². The van der Waals surface area contributed by atoms with Crippen LogP contribution < -0.4 is 5.73 Å². The van der Waals surface area contributed by atoms with Crippen molar-refractivity contribution in [2.24, 2.45) is 0 Å². The van der Waals surface area contributed by atoms with E-state index in [4.69, 9.17) is 5.73 Å². The number of benzene rings is 1. The summed E-state index contributed by atoms with van der Waals surface area (Å²) < 4.78 is 4.55. The zero-order valence-electron chi connectivity index (χ0n) is 7.13. The Morgan fingerprint density at radius 1 is 1.46 bits per heavy atom. The van der Waals surface area contributed by atoms with Crippen LogP contribution in [-0.2, 0) is 4.74 Å². The van der Waals surface area contributed by atoms with Crippen LogP contribution in [0.2, 0.25) is 0 Å². The minimum Gasteiger partial charge on any atom is -0.465 e. The Hall–Kier alpha value is -1.51. The summed E-state index contributed by atoms with van der Waals surface area (Å²) in [4.78, 5) is 11.1. The molecule has 1 rings (SSSR count). The fraction of sp³-hybridized carbons (Fsp3) is 0.300. The molecule has 1 aromatic rings.